The average molecular weight is 339 g/mol. The minimum absolute atomic E-state index is 0. The highest BCUT2D eigenvalue weighted by atomic mass is 35.5. The van der Waals surface area contributed by atoms with E-state index in [-0.39, 0.29) is 28.9 Å². The number of ether oxygens (including phenoxy) is 1. The third-order valence-electron chi connectivity index (χ3n) is 2.88. The van der Waals surface area contributed by atoms with Gasteiger partial charge in [-0.25, -0.2) is 0 Å². The van der Waals surface area contributed by atoms with Gasteiger partial charge in [0.2, 0.25) is 0 Å². The van der Waals surface area contributed by atoms with E-state index in [1.165, 1.54) is 6.07 Å². The van der Waals surface area contributed by atoms with E-state index in [1.54, 1.807) is 6.92 Å². The van der Waals surface area contributed by atoms with Crippen LogP contribution in [-0.2, 0) is 0 Å². The normalized spacial score (nSPS) is 14.4. The summed E-state index contributed by atoms with van der Waals surface area (Å²) in [7, 11) is 0. The molecule has 0 aromatic carbocycles. The number of rotatable bonds is 5. The molecule has 0 bridgehead atoms. The molecule has 1 aromatic rings. The van der Waals surface area contributed by atoms with Gasteiger partial charge in [-0.3, -0.25) is 4.79 Å². The van der Waals surface area contributed by atoms with Crippen LogP contribution < -0.4 is 15.4 Å². The maximum absolute atomic E-state index is 12.3. The lowest BCUT2D eigenvalue weighted by molar-refractivity contribution is -0.0498. The number of amides is 1. The van der Waals surface area contributed by atoms with Crippen LogP contribution in [0, 0.1) is 6.92 Å². The lowest BCUT2D eigenvalue weighted by Crippen LogP contribution is -2.29. The molecule has 2 rings (SSSR count). The van der Waals surface area contributed by atoms with Gasteiger partial charge < -0.3 is 15.4 Å². The van der Waals surface area contributed by atoms with Crippen LogP contribution in [0.5, 0.6) is 5.75 Å². The third kappa shape index (κ3) is 5.26. The van der Waals surface area contributed by atoms with Crippen molar-refractivity contribution in [2.24, 2.45) is 0 Å². The maximum atomic E-state index is 12.3. The Morgan fingerprint density at radius 1 is 1.57 bits per heavy atom. The molecule has 4 nitrogen and oxygen atoms in total. The molecule has 1 aromatic heterocycles. The topological polar surface area (TPSA) is 50.4 Å². The van der Waals surface area contributed by atoms with Gasteiger partial charge in [0.05, 0.1) is 0 Å². The fraction of sp³-hybridized carbons (Fsp3) is 0.462. The predicted octanol–water partition coefficient (Wildman–Crippen LogP) is 2.73. The molecule has 0 saturated heterocycles. The largest absolute Gasteiger partial charge is 0.433 e. The van der Waals surface area contributed by atoms with Crippen LogP contribution in [0.25, 0.3) is 0 Å². The second-order valence-corrected chi connectivity index (χ2v) is 5.68. The monoisotopic (exact) mass is 338 g/mol. The van der Waals surface area contributed by atoms with Crippen LogP contribution in [-0.4, -0.2) is 32.2 Å². The molecule has 8 heteroatoms. The number of thiophene rings is 1. The van der Waals surface area contributed by atoms with Crippen LogP contribution in [0.2, 0.25) is 0 Å². The predicted molar refractivity (Wildman–Crippen MR) is 80.8 cm³/mol. The lowest BCUT2D eigenvalue weighted by atomic mass is 10.1. The van der Waals surface area contributed by atoms with E-state index in [2.05, 4.69) is 15.4 Å². The minimum Gasteiger partial charge on any atom is -0.433 e. The molecule has 0 aliphatic carbocycles. The smallest absolute Gasteiger partial charge is 0.387 e. The van der Waals surface area contributed by atoms with E-state index >= 15 is 0 Å². The Kier molecular flexibility index (Phi) is 7.07. The number of halogens is 3. The Labute approximate surface area is 132 Å². The first-order chi connectivity index (χ1) is 9.56. The van der Waals surface area contributed by atoms with Crippen LogP contribution in [0.3, 0.4) is 0 Å². The van der Waals surface area contributed by atoms with Crippen LogP contribution in [0.15, 0.2) is 17.7 Å². The molecule has 0 radical (unpaired) electrons. The van der Waals surface area contributed by atoms with Crippen molar-refractivity contribution in [1.82, 2.24) is 10.6 Å². The molecule has 1 aliphatic rings. The Hall–Kier alpha value is -1.18. The van der Waals surface area contributed by atoms with Gasteiger partial charge in [-0.05, 0) is 26.0 Å². The van der Waals surface area contributed by atoms with Crippen molar-refractivity contribution in [3.8, 4) is 5.75 Å². The molecule has 1 aliphatic heterocycles. The summed E-state index contributed by atoms with van der Waals surface area (Å²) in [5.41, 5.74) is 1.14. The standard InChI is InChI=1S/C13H16F2N2O2S.ClH/c1-8-6-10(19-13(14)15)11(20-8)12(18)17-7-9-2-4-16-5-3-9;/h2,6,13,16H,3-5,7H2,1H3,(H,17,18);1H. The zero-order chi connectivity index (χ0) is 14.5. The van der Waals surface area contributed by atoms with Gasteiger partial charge in [0, 0.05) is 18.0 Å². The first-order valence-electron chi connectivity index (χ1n) is 6.28. The minimum atomic E-state index is -2.93. The summed E-state index contributed by atoms with van der Waals surface area (Å²) in [5.74, 6) is -0.433. The summed E-state index contributed by atoms with van der Waals surface area (Å²) < 4.78 is 28.9. The van der Waals surface area contributed by atoms with Crippen molar-refractivity contribution in [2.45, 2.75) is 20.0 Å². The number of alkyl halides is 2. The SMILES string of the molecule is Cc1cc(OC(F)F)c(C(=O)NCC2=CCNCC2)s1.Cl. The van der Waals surface area contributed by atoms with Gasteiger partial charge in [0.1, 0.15) is 10.6 Å². The molecule has 21 heavy (non-hydrogen) atoms. The van der Waals surface area contributed by atoms with Crippen molar-refractivity contribution in [3.63, 3.8) is 0 Å². The zero-order valence-electron chi connectivity index (χ0n) is 11.4. The highest BCUT2D eigenvalue weighted by molar-refractivity contribution is 7.14. The number of aryl methyl sites for hydroxylation is 1. The number of carbonyl (C=O) groups excluding carboxylic acids is 1. The first kappa shape index (κ1) is 17.9. The summed E-state index contributed by atoms with van der Waals surface area (Å²) in [6, 6.07) is 1.45. The fourth-order valence-electron chi connectivity index (χ4n) is 1.94. The van der Waals surface area contributed by atoms with Gasteiger partial charge in [-0.15, -0.1) is 23.7 Å². The van der Waals surface area contributed by atoms with Gasteiger partial charge >= 0.3 is 6.61 Å². The highest BCUT2D eigenvalue weighted by Crippen LogP contribution is 2.30. The Balaban J connectivity index is 0.00000220. The quantitative estimate of drug-likeness (QED) is 0.812. The van der Waals surface area contributed by atoms with Crippen LogP contribution >= 0.6 is 23.7 Å². The van der Waals surface area contributed by atoms with Crippen LogP contribution in [0.4, 0.5) is 8.78 Å². The van der Waals surface area contributed by atoms with E-state index in [0.717, 1.165) is 41.3 Å². The van der Waals surface area contributed by atoms with Gasteiger partial charge in [-0.1, -0.05) is 11.6 Å². The fourth-order valence-corrected chi connectivity index (χ4v) is 2.80. The van der Waals surface area contributed by atoms with Crippen molar-refractivity contribution >= 4 is 29.7 Å². The molecular weight excluding hydrogens is 322 g/mol. The average Bonchev–Trinajstić information content (AvgIpc) is 2.77. The number of hydrogen-bond donors (Lipinski definition) is 2. The third-order valence-corrected chi connectivity index (χ3v) is 3.91. The van der Waals surface area contributed by atoms with E-state index in [1.807, 2.05) is 6.08 Å². The van der Waals surface area contributed by atoms with Crippen molar-refractivity contribution in [2.75, 3.05) is 19.6 Å². The molecule has 0 spiro atoms. The molecule has 118 valence electrons. The van der Waals surface area contributed by atoms with Crippen LogP contribution in [0.1, 0.15) is 21.0 Å². The maximum Gasteiger partial charge on any atom is 0.387 e. The summed E-state index contributed by atoms with van der Waals surface area (Å²) in [6.45, 7) is 0.936. The Bertz CT molecular complexity index is 520. The second kappa shape index (κ2) is 8.31. The first-order valence-corrected chi connectivity index (χ1v) is 7.10. The lowest BCUT2D eigenvalue weighted by Gasteiger charge is -2.14. The van der Waals surface area contributed by atoms with Gasteiger partial charge in [0.25, 0.3) is 5.91 Å². The highest BCUT2D eigenvalue weighted by Gasteiger charge is 2.19. The molecule has 1 amide bonds. The molecule has 0 unspecified atom stereocenters. The summed E-state index contributed by atoms with van der Waals surface area (Å²) >= 11 is 1.15. The zero-order valence-corrected chi connectivity index (χ0v) is 13.1. The summed E-state index contributed by atoms with van der Waals surface area (Å²) in [4.78, 5) is 13.0. The van der Waals surface area contributed by atoms with E-state index in [9.17, 15) is 13.6 Å². The van der Waals surface area contributed by atoms with Crippen molar-refractivity contribution < 1.29 is 18.3 Å². The molecular formula is C13H17ClF2N2O2S. The van der Waals surface area contributed by atoms with Gasteiger partial charge in [-0.2, -0.15) is 8.78 Å². The number of carbonyl (C=O) groups is 1. The van der Waals surface area contributed by atoms with Crippen molar-refractivity contribution in [1.29, 1.82) is 0 Å². The van der Waals surface area contributed by atoms with E-state index in [0.29, 0.717) is 6.54 Å². The Morgan fingerprint density at radius 2 is 2.33 bits per heavy atom. The van der Waals surface area contributed by atoms with E-state index in [4.69, 9.17) is 0 Å². The Morgan fingerprint density at radius 3 is 2.95 bits per heavy atom. The van der Waals surface area contributed by atoms with E-state index < -0.39 is 6.61 Å². The molecule has 0 fully saturated rings. The molecule has 0 atom stereocenters. The van der Waals surface area contributed by atoms with Crippen molar-refractivity contribution in [3.05, 3.63) is 27.5 Å². The summed E-state index contributed by atoms with van der Waals surface area (Å²) in [5, 5.41) is 5.92. The number of hydrogen-bond acceptors (Lipinski definition) is 4. The van der Waals surface area contributed by atoms with Gasteiger partial charge in [0.15, 0.2) is 0 Å². The molecule has 2 N–H and O–H groups in total. The second-order valence-electron chi connectivity index (χ2n) is 4.43. The molecule has 0 saturated carbocycles. The summed E-state index contributed by atoms with van der Waals surface area (Å²) in [6.07, 6.45) is 2.91. The molecule has 2 heterocycles. The number of nitrogens with one attached hydrogen (secondary N) is 2.